The first-order valence-corrected chi connectivity index (χ1v) is 14.3. The van der Waals surface area contributed by atoms with Gasteiger partial charge >= 0.3 is 6.03 Å². The van der Waals surface area contributed by atoms with Crippen molar-refractivity contribution in [3.63, 3.8) is 0 Å². The zero-order valence-electron chi connectivity index (χ0n) is 24.1. The van der Waals surface area contributed by atoms with Gasteiger partial charge in [0.05, 0.1) is 13.0 Å². The van der Waals surface area contributed by atoms with Crippen LogP contribution in [0.5, 0.6) is 11.5 Å². The van der Waals surface area contributed by atoms with E-state index in [0.29, 0.717) is 43.1 Å². The van der Waals surface area contributed by atoms with Gasteiger partial charge in [-0.15, -0.1) is 0 Å². The number of urea groups is 1. The molecule has 0 saturated carbocycles. The van der Waals surface area contributed by atoms with Crippen LogP contribution in [0.2, 0.25) is 0 Å². The highest BCUT2D eigenvalue weighted by molar-refractivity contribution is 6.04. The van der Waals surface area contributed by atoms with Gasteiger partial charge in [-0.1, -0.05) is 80.6 Å². The summed E-state index contributed by atoms with van der Waals surface area (Å²) in [5.41, 5.74) is 3.89. The largest absolute Gasteiger partial charge is 0.493 e. The number of imide groups is 1. The van der Waals surface area contributed by atoms with Gasteiger partial charge in [0.2, 0.25) is 5.91 Å². The predicted molar refractivity (Wildman–Crippen MR) is 157 cm³/mol. The molecule has 3 unspecified atom stereocenters. The molecule has 0 spiro atoms. The third-order valence-electron chi connectivity index (χ3n) is 8.36. The maximum Gasteiger partial charge on any atom is 0.326 e. The Kier molecular flexibility index (Phi) is 7.22. The van der Waals surface area contributed by atoms with E-state index in [1.807, 2.05) is 78.9 Å². The number of allylic oxidation sites excluding steroid dienone is 2. The zero-order valence-corrected chi connectivity index (χ0v) is 24.1. The molecule has 3 aromatic carbocycles. The summed E-state index contributed by atoms with van der Waals surface area (Å²) in [6.07, 6.45) is 0.389. The van der Waals surface area contributed by atoms with E-state index in [1.54, 1.807) is 12.0 Å². The van der Waals surface area contributed by atoms with Gasteiger partial charge in [-0.3, -0.25) is 19.8 Å². The van der Waals surface area contributed by atoms with Crippen LogP contribution >= 0.6 is 0 Å². The summed E-state index contributed by atoms with van der Waals surface area (Å²) in [5, 5.41) is 6.07. The van der Waals surface area contributed by atoms with E-state index in [1.165, 1.54) is 0 Å². The van der Waals surface area contributed by atoms with Crippen molar-refractivity contribution in [1.29, 1.82) is 0 Å². The number of hydrogen-bond donors (Lipinski definition) is 2. The number of ether oxygens (including phenoxy) is 2. The van der Waals surface area contributed by atoms with E-state index in [4.69, 9.17) is 9.47 Å². The molecule has 0 aromatic heterocycles. The molecule has 2 aliphatic heterocycles. The lowest BCUT2D eigenvalue weighted by molar-refractivity contribution is -0.130. The van der Waals surface area contributed by atoms with E-state index >= 15 is 0 Å². The molecule has 6 rings (SSSR count). The highest BCUT2D eigenvalue weighted by Gasteiger charge is 2.53. The van der Waals surface area contributed by atoms with Crippen LogP contribution in [0.1, 0.15) is 49.3 Å². The molecule has 2 N–H and O–H groups in total. The monoisotopic (exact) mass is 565 g/mol. The summed E-state index contributed by atoms with van der Waals surface area (Å²) in [4.78, 5) is 42.3. The molecule has 3 aromatic rings. The number of benzene rings is 3. The molecule has 2 heterocycles. The van der Waals surface area contributed by atoms with Crippen molar-refractivity contribution < 1.29 is 23.9 Å². The summed E-state index contributed by atoms with van der Waals surface area (Å²) in [6, 6.07) is 24.7. The Balaban J connectivity index is 1.41. The Morgan fingerprint density at radius 1 is 0.881 bits per heavy atom. The second kappa shape index (κ2) is 11.0. The number of hydrogen-bond acceptors (Lipinski definition) is 6. The Bertz CT molecular complexity index is 1550. The van der Waals surface area contributed by atoms with Gasteiger partial charge in [-0.25, -0.2) is 4.79 Å². The molecule has 8 heteroatoms. The van der Waals surface area contributed by atoms with Gasteiger partial charge in [0.25, 0.3) is 0 Å². The molecule has 1 fully saturated rings. The van der Waals surface area contributed by atoms with Gasteiger partial charge in [0.15, 0.2) is 17.3 Å². The smallest absolute Gasteiger partial charge is 0.326 e. The predicted octanol–water partition coefficient (Wildman–Crippen LogP) is 5.30. The van der Waals surface area contributed by atoms with Crippen molar-refractivity contribution in [2.75, 3.05) is 7.11 Å². The van der Waals surface area contributed by atoms with Gasteiger partial charge in [-0.05, 0) is 40.7 Å². The first kappa shape index (κ1) is 27.6. The molecule has 8 nitrogen and oxygen atoms in total. The average Bonchev–Trinajstić information content (AvgIpc) is 2.97. The summed E-state index contributed by atoms with van der Waals surface area (Å²) >= 11 is 0. The maximum atomic E-state index is 13.8. The first-order chi connectivity index (χ1) is 20.2. The van der Waals surface area contributed by atoms with Gasteiger partial charge in [0.1, 0.15) is 12.8 Å². The van der Waals surface area contributed by atoms with Gasteiger partial charge in [-0.2, -0.15) is 0 Å². The lowest BCUT2D eigenvalue weighted by Gasteiger charge is -2.50. The van der Waals surface area contributed by atoms with Crippen LogP contribution in [0.3, 0.4) is 0 Å². The minimum absolute atomic E-state index is 0.0138. The summed E-state index contributed by atoms with van der Waals surface area (Å²) in [7, 11) is 1.58. The van der Waals surface area contributed by atoms with E-state index in [2.05, 4.69) is 24.5 Å². The maximum absolute atomic E-state index is 13.8. The zero-order chi connectivity index (χ0) is 29.4. The fourth-order valence-electron chi connectivity index (χ4n) is 6.46. The number of fused-ring (bicyclic) bond motifs is 1. The van der Waals surface area contributed by atoms with Crippen LogP contribution in [0, 0.1) is 11.3 Å². The minimum atomic E-state index is -0.726. The molecule has 3 amide bonds. The SMILES string of the molecule is COc1cc(C2C3=C(CC(C)(C)CC3=O)NC3C2C(=O)NC(=O)N3Cc2ccccc2)ccc1OCc1ccccc1. The lowest BCUT2D eigenvalue weighted by atomic mass is 9.65. The molecule has 1 aliphatic carbocycles. The fourth-order valence-corrected chi connectivity index (χ4v) is 6.46. The van der Waals surface area contributed by atoms with Crippen molar-refractivity contribution in [2.24, 2.45) is 11.3 Å². The molecule has 0 radical (unpaired) electrons. The van der Waals surface area contributed by atoms with E-state index < -0.39 is 29.9 Å². The Hall–Kier alpha value is -4.59. The van der Waals surface area contributed by atoms with Crippen LogP contribution in [-0.2, 0) is 22.7 Å². The second-order valence-corrected chi connectivity index (χ2v) is 12.0. The number of nitrogens with one attached hydrogen (secondary N) is 2. The molecule has 3 aliphatic rings. The van der Waals surface area contributed by atoms with Crippen LogP contribution in [0.15, 0.2) is 90.1 Å². The second-order valence-electron chi connectivity index (χ2n) is 12.0. The molecular weight excluding hydrogens is 530 g/mol. The standard InChI is InChI=1S/C34H35N3O5/c1-34(2)17-24-29(25(38)18-34)28(23-14-15-26(27(16-23)41-3)42-20-22-12-8-5-9-13-22)30-31(35-24)37(33(40)36-32(30)39)19-21-10-6-4-7-11-21/h4-16,28,30-31,35H,17-20H2,1-3H3,(H,36,39,40). The van der Waals surface area contributed by atoms with E-state index in [-0.39, 0.29) is 11.2 Å². The summed E-state index contributed by atoms with van der Waals surface area (Å²) in [6.45, 7) is 4.83. The highest BCUT2D eigenvalue weighted by atomic mass is 16.5. The van der Waals surface area contributed by atoms with Crippen LogP contribution in [0.4, 0.5) is 4.79 Å². The Labute approximate surface area is 245 Å². The van der Waals surface area contributed by atoms with Crippen molar-refractivity contribution in [2.45, 2.75) is 51.9 Å². The van der Waals surface area contributed by atoms with Crippen LogP contribution < -0.4 is 20.1 Å². The lowest BCUT2D eigenvalue weighted by Crippen LogP contribution is -2.67. The fraction of sp³-hybridized carbons (Fsp3) is 0.324. The molecule has 42 heavy (non-hydrogen) atoms. The highest BCUT2D eigenvalue weighted by Crippen LogP contribution is 2.49. The van der Waals surface area contributed by atoms with Crippen LogP contribution in [-0.4, -0.2) is 35.9 Å². The summed E-state index contributed by atoms with van der Waals surface area (Å²) in [5.74, 6) is -0.610. The van der Waals surface area contributed by atoms with Gasteiger partial charge in [0, 0.05) is 30.2 Å². The quantitative estimate of drug-likeness (QED) is 0.404. The average molecular weight is 566 g/mol. The molecule has 0 bridgehead atoms. The number of ketones is 1. The summed E-state index contributed by atoms with van der Waals surface area (Å²) < 4.78 is 11.8. The third kappa shape index (κ3) is 5.24. The first-order valence-electron chi connectivity index (χ1n) is 14.3. The van der Waals surface area contributed by atoms with Crippen molar-refractivity contribution in [3.8, 4) is 11.5 Å². The molecule has 3 atom stereocenters. The van der Waals surface area contributed by atoms with E-state index in [0.717, 1.165) is 22.4 Å². The Morgan fingerprint density at radius 3 is 2.26 bits per heavy atom. The number of carbonyl (C=O) groups is 3. The third-order valence-corrected chi connectivity index (χ3v) is 8.36. The number of carbonyl (C=O) groups excluding carboxylic acids is 3. The van der Waals surface area contributed by atoms with E-state index in [9.17, 15) is 14.4 Å². The topological polar surface area (TPSA) is 97.0 Å². The van der Waals surface area contributed by atoms with Gasteiger partial charge < -0.3 is 14.8 Å². The van der Waals surface area contributed by atoms with Crippen LogP contribution in [0.25, 0.3) is 0 Å². The number of nitrogens with zero attached hydrogens (tertiary/aromatic N) is 1. The molecule has 1 saturated heterocycles. The Morgan fingerprint density at radius 2 is 1.57 bits per heavy atom. The number of rotatable bonds is 7. The number of methoxy groups -OCH3 is 1. The molecule has 216 valence electrons. The van der Waals surface area contributed by atoms with Crippen molar-refractivity contribution >= 4 is 17.7 Å². The minimum Gasteiger partial charge on any atom is -0.493 e. The van der Waals surface area contributed by atoms with Crippen molar-refractivity contribution in [3.05, 3.63) is 107 Å². The number of amides is 3. The molecular formula is C34H35N3O5. The normalized spacial score (nSPS) is 23.0. The number of Topliss-reactive ketones (excluding diaryl/α,β-unsaturated/α-hetero) is 1. The van der Waals surface area contributed by atoms with Crippen molar-refractivity contribution in [1.82, 2.24) is 15.5 Å².